The number of benzene rings is 1. The average molecular weight is 255 g/mol. The van der Waals surface area contributed by atoms with Gasteiger partial charge in [-0.15, -0.1) is 0 Å². The van der Waals surface area contributed by atoms with Crippen LogP contribution in [0.15, 0.2) is 12.1 Å². The van der Waals surface area contributed by atoms with E-state index in [9.17, 15) is 23.3 Å². The highest BCUT2D eigenvalue weighted by Crippen LogP contribution is 2.39. The molecule has 0 aliphatic rings. The second-order valence-electron chi connectivity index (χ2n) is 2.92. The molecule has 0 atom stereocenters. The molecule has 0 aromatic heterocycles. The summed E-state index contributed by atoms with van der Waals surface area (Å²) in [5, 5.41) is 10.3. The number of hydrogen-bond donors (Lipinski definition) is 1. The van der Waals surface area contributed by atoms with Gasteiger partial charge in [0.15, 0.2) is 0 Å². The van der Waals surface area contributed by atoms with Crippen LogP contribution in [0.3, 0.4) is 0 Å². The van der Waals surface area contributed by atoms with Crippen LogP contribution in [0, 0.1) is 10.1 Å². The predicted octanol–water partition coefficient (Wildman–Crippen LogP) is 2.73. The standard InChI is InChI=1S/C8H6ClF3N2O2/c9-5-1-4(3-13)7(14(15)16)6(2-5)8(10,11)12/h1-2H,3,13H2. The second kappa shape index (κ2) is 4.26. The summed E-state index contributed by atoms with van der Waals surface area (Å²) in [4.78, 5) is 9.46. The van der Waals surface area contributed by atoms with Crippen LogP contribution in [0.1, 0.15) is 11.1 Å². The highest BCUT2D eigenvalue weighted by Gasteiger charge is 2.40. The maximum absolute atomic E-state index is 12.5. The molecule has 0 heterocycles. The van der Waals surface area contributed by atoms with Crippen molar-refractivity contribution in [2.75, 3.05) is 0 Å². The van der Waals surface area contributed by atoms with E-state index >= 15 is 0 Å². The quantitative estimate of drug-likeness (QED) is 0.652. The summed E-state index contributed by atoms with van der Waals surface area (Å²) < 4.78 is 37.5. The van der Waals surface area contributed by atoms with Gasteiger partial charge in [0.1, 0.15) is 5.56 Å². The first kappa shape index (κ1) is 12.7. The summed E-state index contributed by atoms with van der Waals surface area (Å²) in [5.41, 5.74) is 2.47. The fraction of sp³-hybridized carbons (Fsp3) is 0.250. The number of hydrogen-bond acceptors (Lipinski definition) is 3. The smallest absolute Gasteiger partial charge is 0.326 e. The normalized spacial score (nSPS) is 11.6. The highest BCUT2D eigenvalue weighted by molar-refractivity contribution is 6.30. The number of nitrogens with zero attached hydrogens (tertiary/aromatic N) is 1. The molecule has 0 spiro atoms. The minimum atomic E-state index is -4.84. The van der Waals surface area contributed by atoms with Gasteiger partial charge in [-0.25, -0.2) is 0 Å². The monoisotopic (exact) mass is 254 g/mol. The van der Waals surface area contributed by atoms with Crippen LogP contribution in [0.5, 0.6) is 0 Å². The number of nitro benzene ring substituents is 1. The zero-order valence-electron chi connectivity index (χ0n) is 7.71. The Balaban J connectivity index is 3.57. The number of nitrogens with two attached hydrogens (primary N) is 1. The first-order valence-corrected chi connectivity index (χ1v) is 4.39. The molecule has 88 valence electrons. The van der Waals surface area contributed by atoms with E-state index in [1.54, 1.807) is 0 Å². The Labute approximate surface area is 93.0 Å². The number of nitro groups is 1. The minimum Gasteiger partial charge on any atom is -0.326 e. The van der Waals surface area contributed by atoms with E-state index in [-0.39, 0.29) is 17.1 Å². The molecule has 0 radical (unpaired) electrons. The molecular weight excluding hydrogens is 249 g/mol. The third kappa shape index (κ3) is 2.42. The molecule has 16 heavy (non-hydrogen) atoms. The van der Waals surface area contributed by atoms with Crippen LogP contribution in [-0.2, 0) is 12.7 Å². The summed E-state index contributed by atoms with van der Waals surface area (Å²) in [6.07, 6.45) is -4.84. The SMILES string of the molecule is NCc1cc(Cl)cc(C(F)(F)F)c1[N+](=O)[O-]. The second-order valence-corrected chi connectivity index (χ2v) is 3.36. The maximum atomic E-state index is 12.5. The van der Waals surface area contributed by atoms with Gasteiger partial charge in [-0.05, 0) is 12.1 Å². The molecule has 0 amide bonds. The highest BCUT2D eigenvalue weighted by atomic mass is 35.5. The Kier molecular flexibility index (Phi) is 3.39. The fourth-order valence-corrected chi connectivity index (χ4v) is 1.48. The molecule has 0 fully saturated rings. The average Bonchev–Trinajstić information content (AvgIpc) is 2.14. The van der Waals surface area contributed by atoms with Crippen LogP contribution < -0.4 is 5.73 Å². The number of alkyl halides is 3. The lowest BCUT2D eigenvalue weighted by molar-refractivity contribution is -0.388. The Morgan fingerprint density at radius 3 is 2.38 bits per heavy atom. The van der Waals surface area contributed by atoms with Gasteiger partial charge < -0.3 is 5.73 Å². The minimum absolute atomic E-state index is 0.238. The van der Waals surface area contributed by atoms with Crippen molar-refractivity contribution in [1.29, 1.82) is 0 Å². The number of rotatable bonds is 2. The van der Waals surface area contributed by atoms with Crippen molar-refractivity contribution in [2.24, 2.45) is 5.73 Å². The van der Waals surface area contributed by atoms with Crippen LogP contribution in [0.2, 0.25) is 5.02 Å². The molecule has 2 N–H and O–H groups in total. The zero-order valence-corrected chi connectivity index (χ0v) is 8.47. The number of halogens is 4. The van der Waals surface area contributed by atoms with E-state index in [0.717, 1.165) is 6.07 Å². The van der Waals surface area contributed by atoms with Gasteiger partial charge in [0.2, 0.25) is 0 Å². The fourth-order valence-electron chi connectivity index (χ4n) is 1.24. The van der Waals surface area contributed by atoms with E-state index in [0.29, 0.717) is 6.07 Å². The largest absolute Gasteiger partial charge is 0.423 e. The van der Waals surface area contributed by atoms with Gasteiger partial charge in [0.25, 0.3) is 5.69 Å². The molecule has 0 bridgehead atoms. The van der Waals surface area contributed by atoms with Gasteiger partial charge in [0.05, 0.1) is 4.92 Å². The summed E-state index contributed by atoms with van der Waals surface area (Å²) in [5.74, 6) is 0. The van der Waals surface area contributed by atoms with Crippen LogP contribution in [0.4, 0.5) is 18.9 Å². The van der Waals surface area contributed by atoms with Crippen molar-refractivity contribution in [3.63, 3.8) is 0 Å². The van der Waals surface area contributed by atoms with E-state index in [4.69, 9.17) is 17.3 Å². The van der Waals surface area contributed by atoms with Gasteiger partial charge in [-0.1, -0.05) is 11.6 Å². The molecule has 0 unspecified atom stereocenters. The van der Waals surface area contributed by atoms with Crippen LogP contribution >= 0.6 is 11.6 Å². The molecule has 0 aliphatic heterocycles. The molecule has 1 rings (SSSR count). The summed E-state index contributed by atoms with van der Waals surface area (Å²) in [6, 6.07) is 1.56. The van der Waals surface area contributed by atoms with E-state index in [1.165, 1.54) is 0 Å². The van der Waals surface area contributed by atoms with Crippen molar-refractivity contribution in [2.45, 2.75) is 12.7 Å². The lowest BCUT2D eigenvalue weighted by atomic mass is 10.1. The Morgan fingerprint density at radius 2 is 2.00 bits per heavy atom. The first-order valence-electron chi connectivity index (χ1n) is 4.01. The topological polar surface area (TPSA) is 69.2 Å². The maximum Gasteiger partial charge on any atom is 0.423 e. The third-order valence-electron chi connectivity index (χ3n) is 1.86. The summed E-state index contributed by atoms with van der Waals surface area (Å²) in [6.45, 7) is -0.389. The summed E-state index contributed by atoms with van der Waals surface area (Å²) in [7, 11) is 0. The molecular formula is C8H6ClF3N2O2. The van der Waals surface area contributed by atoms with E-state index < -0.39 is 22.4 Å². The zero-order chi connectivity index (χ0) is 12.5. The molecule has 0 saturated carbocycles. The Hall–Kier alpha value is -1.34. The van der Waals surface area contributed by atoms with Gasteiger partial charge in [0, 0.05) is 17.1 Å². The predicted molar refractivity (Wildman–Crippen MR) is 51.0 cm³/mol. The molecule has 0 aliphatic carbocycles. The third-order valence-corrected chi connectivity index (χ3v) is 2.08. The van der Waals surface area contributed by atoms with E-state index in [1.807, 2.05) is 0 Å². The van der Waals surface area contributed by atoms with Crippen LogP contribution in [-0.4, -0.2) is 4.92 Å². The van der Waals surface area contributed by atoms with Gasteiger partial charge >= 0.3 is 6.18 Å². The molecule has 0 saturated heterocycles. The van der Waals surface area contributed by atoms with Gasteiger partial charge in [-0.2, -0.15) is 13.2 Å². The van der Waals surface area contributed by atoms with Crippen molar-refractivity contribution in [3.05, 3.63) is 38.4 Å². The summed E-state index contributed by atoms with van der Waals surface area (Å²) >= 11 is 5.43. The van der Waals surface area contributed by atoms with Crippen molar-refractivity contribution in [1.82, 2.24) is 0 Å². The van der Waals surface area contributed by atoms with Gasteiger partial charge in [-0.3, -0.25) is 10.1 Å². The molecule has 4 nitrogen and oxygen atoms in total. The molecule has 8 heteroatoms. The molecule has 1 aromatic carbocycles. The first-order chi connectivity index (χ1) is 7.27. The van der Waals surface area contributed by atoms with Crippen molar-refractivity contribution >= 4 is 17.3 Å². The van der Waals surface area contributed by atoms with Crippen molar-refractivity contribution in [3.8, 4) is 0 Å². The Bertz CT molecular complexity index is 434. The lowest BCUT2D eigenvalue weighted by Crippen LogP contribution is -2.12. The van der Waals surface area contributed by atoms with E-state index in [2.05, 4.69) is 0 Å². The lowest BCUT2D eigenvalue weighted by Gasteiger charge is -2.10. The van der Waals surface area contributed by atoms with Crippen molar-refractivity contribution < 1.29 is 18.1 Å². The molecule has 1 aromatic rings. The Morgan fingerprint density at radius 1 is 1.44 bits per heavy atom. The van der Waals surface area contributed by atoms with Crippen LogP contribution in [0.25, 0.3) is 0 Å².